The first-order valence-corrected chi connectivity index (χ1v) is 12.2. The third-order valence-electron chi connectivity index (χ3n) is 6.81. The fourth-order valence-corrected chi connectivity index (χ4v) is 4.97. The molecule has 1 saturated heterocycles. The second kappa shape index (κ2) is 9.36. The second-order valence-electron chi connectivity index (χ2n) is 10.4. The van der Waals surface area contributed by atoms with Gasteiger partial charge in [0, 0.05) is 38.3 Å². The van der Waals surface area contributed by atoms with E-state index in [2.05, 4.69) is 75.3 Å². The SMILES string of the molecule is Cc1cccc2cc([C@H](c3nnnn3C(C)(C)C)N3CCN(Cc4ccccc4)CC3)c(=O)[nH]c12. The van der Waals surface area contributed by atoms with Gasteiger partial charge in [-0.05, 0) is 60.7 Å². The van der Waals surface area contributed by atoms with E-state index in [4.69, 9.17) is 0 Å². The Kier molecular flexibility index (Phi) is 6.25. The predicted molar refractivity (Wildman–Crippen MR) is 137 cm³/mol. The summed E-state index contributed by atoms with van der Waals surface area (Å²) >= 11 is 0. The molecule has 0 aliphatic carbocycles. The average Bonchev–Trinajstić information content (AvgIpc) is 3.32. The van der Waals surface area contributed by atoms with Crippen LogP contribution in [0.25, 0.3) is 10.9 Å². The van der Waals surface area contributed by atoms with E-state index in [0.717, 1.165) is 49.2 Å². The van der Waals surface area contributed by atoms with Gasteiger partial charge in [0.15, 0.2) is 5.82 Å². The second-order valence-corrected chi connectivity index (χ2v) is 10.4. The zero-order valence-corrected chi connectivity index (χ0v) is 20.9. The predicted octanol–water partition coefficient (Wildman–Crippen LogP) is 3.49. The van der Waals surface area contributed by atoms with Crippen molar-refractivity contribution >= 4 is 10.9 Å². The van der Waals surface area contributed by atoms with E-state index < -0.39 is 0 Å². The number of fused-ring (bicyclic) bond motifs is 1. The maximum atomic E-state index is 13.5. The minimum Gasteiger partial charge on any atom is -0.321 e. The van der Waals surface area contributed by atoms with E-state index in [-0.39, 0.29) is 17.1 Å². The molecule has 0 spiro atoms. The number of para-hydroxylation sites is 1. The van der Waals surface area contributed by atoms with Crippen LogP contribution >= 0.6 is 0 Å². The average molecular weight is 472 g/mol. The zero-order valence-electron chi connectivity index (χ0n) is 20.9. The van der Waals surface area contributed by atoms with Crippen molar-refractivity contribution in [1.29, 1.82) is 0 Å². The van der Waals surface area contributed by atoms with E-state index in [1.165, 1.54) is 5.56 Å². The first kappa shape index (κ1) is 23.4. The Balaban J connectivity index is 1.51. The number of aromatic amines is 1. The van der Waals surface area contributed by atoms with Crippen LogP contribution in [0.4, 0.5) is 0 Å². The van der Waals surface area contributed by atoms with E-state index in [9.17, 15) is 4.79 Å². The number of aryl methyl sites for hydroxylation is 1. The highest BCUT2D eigenvalue weighted by Crippen LogP contribution is 2.30. The van der Waals surface area contributed by atoms with Gasteiger partial charge in [-0.15, -0.1) is 5.10 Å². The van der Waals surface area contributed by atoms with E-state index >= 15 is 0 Å². The Bertz CT molecular complexity index is 1360. The molecule has 2 aromatic heterocycles. The molecule has 8 heteroatoms. The summed E-state index contributed by atoms with van der Waals surface area (Å²) in [5.41, 5.74) is 3.52. The lowest BCUT2D eigenvalue weighted by Gasteiger charge is -2.39. The standard InChI is InChI=1S/C27H33N7O/c1-19-9-8-12-21-17-22(26(35)28-23(19)21)24(25-29-30-31-34(25)27(2,3)4)33-15-13-32(14-16-33)18-20-10-6-5-7-11-20/h5-12,17,24H,13-16,18H2,1-4H3,(H,28,35)/t24-/m1/s1. The van der Waals surface area contributed by atoms with Gasteiger partial charge < -0.3 is 4.98 Å². The largest absolute Gasteiger partial charge is 0.321 e. The molecule has 1 aliphatic heterocycles. The minimum absolute atomic E-state index is 0.0908. The van der Waals surface area contributed by atoms with Crippen molar-refractivity contribution in [2.24, 2.45) is 0 Å². The van der Waals surface area contributed by atoms with Crippen molar-refractivity contribution in [1.82, 2.24) is 35.0 Å². The molecule has 0 bridgehead atoms. The van der Waals surface area contributed by atoms with Crippen molar-refractivity contribution in [3.05, 3.63) is 87.5 Å². The first-order valence-electron chi connectivity index (χ1n) is 12.2. The highest BCUT2D eigenvalue weighted by molar-refractivity contribution is 5.82. The molecule has 35 heavy (non-hydrogen) atoms. The molecule has 1 aliphatic rings. The van der Waals surface area contributed by atoms with Crippen molar-refractivity contribution in [2.75, 3.05) is 26.2 Å². The van der Waals surface area contributed by atoms with Gasteiger partial charge in [-0.25, -0.2) is 4.68 Å². The molecule has 0 radical (unpaired) electrons. The number of tetrazole rings is 1. The van der Waals surface area contributed by atoms with Crippen LogP contribution in [0.15, 0.2) is 59.4 Å². The Morgan fingerprint density at radius 1 is 1.00 bits per heavy atom. The lowest BCUT2D eigenvalue weighted by Crippen LogP contribution is -2.49. The topological polar surface area (TPSA) is 82.9 Å². The van der Waals surface area contributed by atoms with Crippen molar-refractivity contribution < 1.29 is 0 Å². The molecule has 0 saturated carbocycles. The van der Waals surface area contributed by atoms with Gasteiger partial charge in [0.05, 0.1) is 11.1 Å². The van der Waals surface area contributed by atoms with E-state index in [1.54, 1.807) is 0 Å². The molecule has 5 rings (SSSR count). The van der Waals surface area contributed by atoms with Gasteiger partial charge in [0.25, 0.3) is 5.56 Å². The van der Waals surface area contributed by atoms with E-state index in [1.807, 2.05) is 41.9 Å². The van der Waals surface area contributed by atoms with Crippen LogP contribution in [0.1, 0.15) is 49.3 Å². The molecule has 8 nitrogen and oxygen atoms in total. The molecule has 1 atom stereocenters. The van der Waals surface area contributed by atoms with Crippen LogP contribution in [-0.4, -0.2) is 61.2 Å². The molecular formula is C27H33N7O. The molecule has 0 unspecified atom stereocenters. The molecule has 0 amide bonds. The number of nitrogens with one attached hydrogen (secondary N) is 1. The van der Waals surface area contributed by atoms with Crippen molar-refractivity contribution in [3.63, 3.8) is 0 Å². The number of nitrogens with zero attached hydrogens (tertiary/aromatic N) is 6. The number of hydrogen-bond donors (Lipinski definition) is 1. The van der Waals surface area contributed by atoms with Crippen LogP contribution < -0.4 is 5.56 Å². The van der Waals surface area contributed by atoms with Gasteiger partial charge in [0.1, 0.15) is 6.04 Å². The number of pyridine rings is 1. The molecule has 2 aromatic carbocycles. The highest BCUT2D eigenvalue weighted by Gasteiger charge is 2.34. The summed E-state index contributed by atoms with van der Waals surface area (Å²) < 4.78 is 1.86. The molecule has 3 heterocycles. The molecule has 4 aromatic rings. The normalized spacial score (nSPS) is 16.6. The summed E-state index contributed by atoms with van der Waals surface area (Å²) in [6.45, 7) is 12.6. The van der Waals surface area contributed by atoms with Crippen LogP contribution in [0, 0.1) is 6.92 Å². The summed E-state index contributed by atoms with van der Waals surface area (Å²) in [6.07, 6.45) is 0. The van der Waals surface area contributed by atoms with Crippen LogP contribution in [-0.2, 0) is 12.1 Å². The Hall–Kier alpha value is -3.36. The maximum Gasteiger partial charge on any atom is 0.253 e. The van der Waals surface area contributed by atoms with Crippen LogP contribution in [0.5, 0.6) is 0 Å². The Labute approximate surface area is 205 Å². The molecule has 1 fully saturated rings. The number of piperazine rings is 1. The number of aromatic nitrogens is 5. The van der Waals surface area contributed by atoms with Gasteiger partial charge in [-0.2, -0.15) is 0 Å². The smallest absolute Gasteiger partial charge is 0.253 e. The Morgan fingerprint density at radius 3 is 2.46 bits per heavy atom. The van der Waals surface area contributed by atoms with Crippen molar-refractivity contribution in [2.45, 2.75) is 45.8 Å². The van der Waals surface area contributed by atoms with Crippen molar-refractivity contribution in [3.8, 4) is 0 Å². The molecular weight excluding hydrogens is 438 g/mol. The zero-order chi connectivity index (χ0) is 24.6. The molecule has 182 valence electrons. The monoisotopic (exact) mass is 471 g/mol. The van der Waals surface area contributed by atoms with Gasteiger partial charge >= 0.3 is 0 Å². The minimum atomic E-state index is -0.336. The van der Waals surface area contributed by atoms with Crippen LogP contribution in [0.2, 0.25) is 0 Å². The highest BCUT2D eigenvalue weighted by atomic mass is 16.1. The van der Waals surface area contributed by atoms with Gasteiger partial charge in [-0.1, -0.05) is 48.5 Å². The summed E-state index contributed by atoms with van der Waals surface area (Å²) in [6, 6.07) is 18.3. The number of H-pyrrole nitrogens is 1. The third-order valence-corrected chi connectivity index (χ3v) is 6.81. The summed E-state index contributed by atoms with van der Waals surface area (Å²) in [4.78, 5) is 21.4. The maximum absolute atomic E-state index is 13.5. The Morgan fingerprint density at radius 2 is 1.74 bits per heavy atom. The fraction of sp³-hybridized carbons (Fsp3) is 0.407. The summed E-state index contributed by atoms with van der Waals surface area (Å²) in [5.74, 6) is 0.700. The summed E-state index contributed by atoms with van der Waals surface area (Å²) in [5, 5.41) is 13.8. The molecule has 1 N–H and O–H groups in total. The number of benzene rings is 2. The lowest BCUT2D eigenvalue weighted by molar-refractivity contribution is 0.0975. The van der Waals surface area contributed by atoms with Gasteiger partial charge in [0.2, 0.25) is 0 Å². The van der Waals surface area contributed by atoms with Crippen LogP contribution in [0.3, 0.4) is 0 Å². The third kappa shape index (κ3) is 4.76. The number of rotatable bonds is 5. The number of hydrogen-bond acceptors (Lipinski definition) is 6. The summed E-state index contributed by atoms with van der Waals surface area (Å²) in [7, 11) is 0. The first-order chi connectivity index (χ1) is 16.8. The lowest BCUT2D eigenvalue weighted by atomic mass is 10.00. The van der Waals surface area contributed by atoms with Gasteiger partial charge in [-0.3, -0.25) is 14.6 Å². The quantitative estimate of drug-likeness (QED) is 0.480. The van der Waals surface area contributed by atoms with E-state index in [0.29, 0.717) is 11.4 Å². The fourth-order valence-electron chi connectivity index (χ4n) is 4.97.